The Bertz CT molecular complexity index is 362. The van der Waals surface area contributed by atoms with Gasteiger partial charge in [-0.2, -0.15) is 0 Å². The van der Waals surface area contributed by atoms with Crippen LogP contribution in [0.2, 0.25) is 0 Å². The lowest BCUT2D eigenvalue weighted by Gasteiger charge is -2.35. The minimum absolute atomic E-state index is 0.838. The quantitative estimate of drug-likeness (QED) is 0.812. The molecule has 0 aromatic heterocycles. The lowest BCUT2D eigenvalue weighted by Crippen LogP contribution is -2.39. The largest absolute Gasteiger partial charge is 0.399 e. The second-order valence-electron chi connectivity index (χ2n) is 5.54. The average molecular weight is 232 g/mol. The van der Waals surface area contributed by atoms with Crippen molar-refractivity contribution in [3.63, 3.8) is 0 Å². The molecule has 1 fully saturated rings. The predicted octanol–water partition coefficient (Wildman–Crippen LogP) is 2.79. The van der Waals surface area contributed by atoms with E-state index in [1.54, 1.807) is 0 Å². The fraction of sp³-hybridized carbons (Fsp3) is 0.600. The van der Waals surface area contributed by atoms with E-state index in [-0.39, 0.29) is 0 Å². The zero-order chi connectivity index (χ0) is 12.3. The number of nitrogens with zero attached hydrogens (tertiary/aromatic N) is 1. The van der Waals surface area contributed by atoms with Gasteiger partial charge in [0.15, 0.2) is 0 Å². The topological polar surface area (TPSA) is 29.3 Å². The molecule has 2 nitrogen and oxygen atoms in total. The summed E-state index contributed by atoms with van der Waals surface area (Å²) < 4.78 is 0. The average Bonchev–Trinajstić information content (AvgIpc) is 2.31. The van der Waals surface area contributed by atoms with E-state index >= 15 is 0 Å². The molecule has 0 saturated carbocycles. The smallest absolute Gasteiger partial charge is 0.0316 e. The van der Waals surface area contributed by atoms with Crippen LogP contribution in [0.15, 0.2) is 24.3 Å². The molecule has 1 saturated heterocycles. The molecule has 1 aromatic carbocycles. The number of nitrogen functional groups attached to an aromatic ring is 1. The van der Waals surface area contributed by atoms with Crippen molar-refractivity contribution in [1.82, 2.24) is 4.90 Å². The van der Waals surface area contributed by atoms with Crippen LogP contribution in [0, 0.1) is 11.8 Å². The van der Waals surface area contributed by atoms with Crippen LogP contribution in [0.25, 0.3) is 0 Å². The first kappa shape index (κ1) is 12.4. The molecule has 1 aliphatic heterocycles. The predicted molar refractivity (Wildman–Crippen MR) is 73.9 cm³/mol. The van der Waals surface area contributed by atoms with Crippen LogP contribution in [0.4, 0.5) is 5.69 Å². The fourth-order valence-corrected chi connectivity index (χ4v) is 2.59. The van der Waals surface area contributed by atoms with Crippen molar-refractivity contribution in [1.29, 1.82) is 0 Å². The third-order valence-corrected chi connectivity index (χ3v) is 4.09. The zero-order valence-corrected chi connectivity index (χ0v) is 11.0. The highest BCUT2D eigenvalue weighted by Crippen LogP contribution is 2.22. The number of anilines is 1. The summed E-state index contributed by atoms with van der Waals surface area (Å²) in [6.07, 6.45) is 2.46. The summed E-state index contributed by atoms with van der Waals surface area (Å²) in [5.41, 5.74) is 8.03. The number of likely N-dealkylation sites (tertiary alicyclic amines) is 1. The molecule has 94 valence electrons. The van der Waals surface area contributed by atoms with E-state index < -0.39 is 0 Å². The Kier molecular flexibility index (Phi) is 4.06. The zero-order valence-electron chi connectivity index (χ0n) is 11.0. The van der Waals surface area contributed by atoms with Crippen LogP contribution in [-0.4, -0.2) is 24.5 Å². The maximum atomic E-state index is 5.79. The van der Waals surface area contributed by atoms with Gasteiger partial charge in [-0.05, 0) is 48.9 Å². The first-order chi connectivity index (χ1) is 8.15. The highest BCUT2D eigenvalue weighted by atomic mass is 15.1. The Morgan fingerprint density at radius 2 is 2.12 bits per heavy atom. The van der Waals surface area contributed by atoms with Crippen molar-refractivity contribution >= 4 is 5.69 Å². The van der Waals surface area contributed by atoms with Crippen molar-refractivity contribution in [2.24, 2.45) is 11.8 Å². The van der Waals surface area contributed by atoms with Crippen LogP contribution in [-0.2, 0) is 6.42 Å². The monoisotopic (exact) mass is 232 g/mol. The fourth-order valence-electron chi connectivity index (χ4n) is 2.59. The molecule has 2 atom stereocenters. The second-order valence-corrected chi connectivity index (χ2v) is 5.54. The molecule has 0 aliphatic carbocycles. The summed E-state index contributed by atoms with van der Waals surface area (Å²) in [7, 11) is 0. The van der Waals surface area contributed by atoms with Crippen LogP contribution < -0.4 is 5.73 Å². The molecule has 0 amide bonds. The second kappa shape index (κ2) is 5.54. The van der Waals surface area contributed by atoms with Gasteiger partial charge in [-0.15, -0.1) is 0 Å². The van der Waals surface area contributed by atoms with E-state index in [1.807, 2.05) is 12.1 Å². The van der Waals surface area contributed by atoms with Gasteiger partial charge in [-0.1, -0.05) is 26.0 Å². The molecule has 2 unspecified atom stereocenters. The molecule has 0 radical (unpaired) electrons. The van der Waals surface area contributed by atoms with E-state index in [9.17, 15) is 0 Å². The van der Waals surface area contributed by atoms with Gasteiger partial charge in [-0.25, -0.2) is 0 Å². The van der Waals surface area contributed by atoms with Crippen molar-refractivity contribution in [2.75, 3.05) is 25.4 Å². The molecular formula is C15H24N2. The van der Waals surface area contributed by atoms with Crippen molar-refractivity contribution in [2.45, 2.75) is 26.7 Å². The van der Waals surface area contributed by atoms with E-state index in [2.05, 4.69) is 30.9 Å². The van der Waals surface area contributed by atoms with Crippen LogP contribution in [0.1, 0.15) is 25.8 Å². The number of nitrogens with two attached hydrogens (primary N) is 1. The van der Waals surface area contributed by atoms with Gasteiger partial charge >= 0.3 is 0 Å². The Labute approximate surface area is 105 Å². The molecule has 17 heavy (non-hydrogen) atoms. The Hall–Kier alpha value is -1.02. The third-order valence-electron chi connectivity index (χ3n) is 4.09. The van der Waals surface area contributed by atoms with Gasteiger partial charge in [0, 0.05) is 18.8 Å². The van der Waals surface area contributed by atoms with Gasteiger partial charge < -0.3 is 10.6 Å². The van der Waals surface area contributed by atoms with E-state index in [1.165, 1.54) is 31.6 Å². The standard InChI is InChI=1S/C15H24N2/c1-12-6-8-17(11-13(12)2)9-7-14-4-3-5-15(16)10-14/h3-5,10,12-13H,6-9,11,16H2,1-2H3. The lowest BCUT2D eigenvalue weighted by molar-refractivity contribution is 0.140. The van der Waals surface area contributed by atoms with E-state index in [0.29, 0.717) is 0 Å². The maximum Gasteiger partial charge on any atom is 0.0316 e. The Morgan fingerprint density at radius 1 is 1.29 bits per heavy atom. The molecular weight excluding hydrogens is 208 g/mol. The number of benzene rings is 1. The van der Waals surface area contributed by atoms with Crippen LogP contribution in [0.5, 0.6) is 0 Å². The van der Waals surface area contributed by atoms with Gasteiger partial charge in [0.2, 0.25) is 0 Å². The summed E-state index contributed by atoms with van der Waals surface area (Å²) in [6.45, 7) is 8.43. The number of hydrogen-bond donors (Lipinski definition) is 1. The first-order valence-electron chi connectivity index (χ1n) is 6.72. The highest BCUT2D eigenvalue weighted by Gasteiger charge is 2.21. The lowest BCUT2D eigenvalue weighted by atomic mass is 9.88. The van der Waals surface area contributed by atoms with Gasteiger partial charge in [0.1, 0.15) is 0 Å². The minimum atomic E-state index is 0.838. The van der Waals surface area contributed by atoms with Crippen molar-refractivity contribution in [3.05, 3.63) is 29.8 Å². The van der Waals surface area contributed by atoms with Crippen LogP contribution in [0.3, 0.4) is 0 Å². The Balaban J connectivity index is 1.82. The summed E-state index contributed by atoms with van der Waals surface area (Å²) >= 11 is 0. The normalized spacial score (nSPS) is 26.0. The van der Waals surface area contributed by atoms with Crippen LogP contribution >= 0.6 is 0 Å². The highest BCUT2D eigenvalue weighted by molar-refractivity contribution is 5.40. The Morgan fingerprint density at radius 3 is 2.82 bits per heavy atom. The number of rotatable bonds is 3. The summed E-state index contributed by atoms with van der Waals surface area (Å²) in [5.74, 6) is 1.73. The first-order valence-corrected chi connectivity index (χ1v) is 6.72. The van der Waals surface area contributed by atoms with E-state index in [0.717, 1.165) is 23.9 Å². The van der Waals surface area contributed by atoms with Crippen molar-refractivity contribution < 1.29 is 0 Å². The number of hydrogen-bond acceptors (Lipinski definition) is 2. The molecule has 2 rings (SSSR count). The third kappa shape index (κ3) is 3.47. The summed E-state index contributed by atoms with van der Waals surface area (Å²) in [6, 6.07) is 8.27. The molecule has 2 N–H and O–H groups in total. The van der Waals surface area contributed by atoms with Crippen molar-refractivity contribution in [3.8, 4) is 0 Å². The van der Waals surface area contributed by atoms with E-state index in [4.69, 9.17) is 5.73 Å². The molecule has 0 spiro atoms. The van der Waals surface area contributed by atoms with Gasteiger partial charge in [0.05, 0.1) is 0 Å². The van der Waals surface area contributed by atoms with Gasteiger partial charge in [0.25, 0.3) is 0 Å². The molecule has 1 heterocycles. The number of piperidine rings is 1. The molecule has 0 bridgehead atoms. The summed E-state index contributed by atoms with van der Waals surface area (Å²) in [4.78, 5) is 2.59. The summed E-state index contributed by atoms with van der Waals surface area (Å²) in [5, 5.41) is 0. The molecule has 1 aromatic rings. The van der Waals surface area contributed by atoms with Gasteiger partial charge in [-0.3, -0.25) is 0 Å². The SMILES string of the molecule is CC1CCN(CCc2cccc(N)c2)CC1C. The molecule has 1 aliphatic rings. The maximum absolute atomic E-state index is 5.79. The minimum Gasteiger partial charge on any atom is -0.399 e. The molecule has 2 heteroatoms.